The van der Waals surface area contributed by atoms with Crippen molar-refractivity contribution in [1.29, 1.82) is 0 Å². The molecule has 0 aromatic heterocycles. The molecular formula is C38H41BrFN3O5S. The number of ether oxygens (including phenoxy) is 1. The van der Waals surface area contributed by atoms with Gasteiger partial charge < -0.3 is 15.0 Å². The zero-order valence-corrected chi connectivity index (χ0v) is 29.8. The van der Waals surface area contributed by atoms with Gasteiger partial charge in [0.1, 0.15) is 24.2 Å². The van der Waals surface area contributed by atoms with Gasteiger partial charge in [-0.2, -0.15) is 0 Å². The molecule has 1 N–H and O–H groups in total. The van der Waals surface area contributed by atoms with E-state index in [9.17, 15) is 22.4 Å². The Morgan fingerprint density at radius 3 is 2.16 bits per heavy atom. The first kappa shape index (κ1) is 36.1. The van der Waals surface area contributed by atoms with E-state index in [1.807, 2.05) is 61.5 Å². The molecule has 258 valence electrons. The number of benzene rings is 4. The summed E-state index contributed by atoms with van der Waals surface area (Å²) in [5, 5.41) is 3.21. The fourth-order valence-electron chi connectivity index (χ4n) is 6.02. The van der Waals surface area contributed by atoms with Gasteiger partial charge in [0, 0.05) is 23.5 Å². The number of rotatable bonds is 14. The van der Waals surface area contributed by atoms with Crippen molar-refractivity contribution in [2.75, 3.05) is 17.5 Å². The average molecular weight is 751 g/mol. The van der Waals surface area contributed by atoms with Crippen molar-refractivity contribution in [2.24, 2.45) is 0 Å². The van der Waals surface area contributed by atoms with Gasteiger partial charge in [-0.05, 0) is 91.6 Å². The van der Waals surface area contributed by atoms with Crippen LogP contribution in [-0.2, 0) is 32.6 Å². The van der Waals surface area contributed by atoms with Crippen LogP contribution >= 0.6 is 15.9 Å². The molecular weight excluding hydrogens is 709 g/mol. The lowest BCUT2D eigenvalue weighted by molar-refractivity contribution is -0.140. The minimum Gasteiger partial charge on any atom is -0.494 e. The van der Waals surface area contributed by atoms with Crippen LogP contribution in [0.25, 0.3) is 0 Å². The summed E-state index contributed by atoms with van der Waals surface area (Å²) < 4.78 is 49.8. The Balaban J connectivity index is 1.55. The van der Waals surface area contributed by atoms with Gasteiger partial charge in [-0.3, -0.25) is 13.9 Å². The van der Waals surface area contributed by atoms with Crippen LogP contribution in [0.1, 0.15) is 50.2 Å². The van der Waals surface area contributed by atoms with E-state index in [0.29, 0.717) is 12.4 Å². The molecule has 0 aliphatic heterocycles. The van der Waals surface area contributed by atoms with E-state index in [4.69, 9.17) is 4.74 Å². The number of halogens is 2. The van der Waals surface area contributed by atoms with Crippen molar-refractivity contribution in [2.45, 2.75) is 69.0 Å². The third-order valence-corrected chi connectivity index (χ3v) is 10.9. The number of hydrogen-bond acceptors (Lipinski definition) is 5. The summed E-state index contributed by atoms with van der Waals surface area (Å²) in [6.07, 6.45) is 5.11. The van der Waals surface area contributed by atoms with Gasteiger partial charge in [0.05, 0.1) is 17.2 Å². The second kappa shape index (κ2) is 16.9. The highest BCUT2D eigenvalue weighted by molar-refractivity contribution is 9.10. The summed E-state index contributed by atoms with van der Waals surface area (Å²) in [4.78, 5) is 30.3. The topological polar surface area (TPSA) is 96.0 Å². The first-order valence-corrected chi connectivity index (χ1v) is 18.8. The molecule has 0 spiro atoms. The zero-order chi connectivity index (χ0) is 34.8. The maximum atomic E-state index is 14.6. The molecule has 8 nitrogen and oxygen atoms in total. The van der Waals surface area contributed by atoms with E-state index in [1.165, 1.54) is 29.2 Å². The van der Waals surface area contributed by atoms with Crippen molar-refractivity contribution in [3.63, 3.8) is 0 Å². The Bertz CT molecular complexity index is 1780. The van der Waals surface area contributed by atoms with E-state index in [-0.39, 0.29) is 35.5 Å². The molecule has 0 saturated heterocycles. The molecule has 0 heterocycles. The summed E-state index contributed by atoms with van der Waals surface area (Å²) in [5.74, 6) is -0.919. The number of hydrogen-bond donors (Lipinski definition) is 1. The molecule has 2 amide bonds. The Labute approximate surface area is 296 Å². The van der Waals surface area contributed by atoms with Crippen LogP contribution in [0.3, 0.4) is 0 Å². The highest BCUT2D eigenvalue weighted by Gasteiger charge is 2.35. The van der Waals surface area contributed by atoms with Crippen molar-refractivity contribution in [3.8, 4) is 5.75 Å². The van der Waals surface area contributed by atoms with E-state index < -0.39 is 34.3 Å². The van der Waals surface area contributed by atoms with Crippen molar-refractivity contribution < 1.29 is 27.1 Å². The van der Waals surface area contributed by atoms with Crippen LogP contribution < -0.4 is 14.4 Å². The van der Waals surface area contributed by atoms with Crippen molar-refractivity contribution in [1.82, 2.24) is 10.2 Å². The molecule has 5 rings (SSSR count). The molecule has 1 aliphatic rings. The van der Waals surface area contributed by atoms with E-state index >= 15 is 0 Å². The maximum Gasteiger partial charge on any atom is 0.264 e. The molecule has 11 heteroatoms. The molecule has 0 bridgehead atoms. The van der Waals surface area contributed by atoms with Gasteiger partial charge in [-0.1, -0.05) is 77.7 Å². The van der Waals surface area contributed by atoms with Crippen LogP contribution in [0.4, 0.5) is 10.1 Å². The minimum atomic E-state index is -4.33. The monoisotopic (exact) mass is 749 g/mol. The molecule has 4 aromatic rings. The predicted octanol–water partition coefficient (Wildman–Crippen LogP) is 7.27. The minimum absolute atomic E-state index is 0.0000861. The predicted molar refractivity (Wildman–Crippen MR) is 192 cm³/mol. The summed E-state index contributed by atoms with van der Waals surface area (Å²) in [7, 11) is -4.33. The fourth-order valence-corrected chi connectivity index (χ4v) is 7.70. The molecule has 4 aromatic carbocycles. The number of sulfonamides is 1. The smallest absolute Gasteiger partial charge is 0.264 e. The Morgan fingerprint density at radius 1 is 0.878 bits per heavy atom. The Morgan fingerprint density at radius 2 is 1.53 bits per heavy atom. The highest BCUT2D eigenvalue weighted by Crippen LogP contribution is 2.27. The molecule has 1 aliphatic carbocycles. The van der Waals surface area contributed by atoms with Gasteiger partial charge in [-0.15, -0.1) is 0 Å². The molecule has 1 fully saturated rings. The van der Waals surface area contributed by atoms with Crippen LogP contribution in [-0.4, -0.2) is 50.4 Å². The number of amides is 2. The number of anilines is 1. The van der Waals surface area contributed by atoms with Crippen LogP contribution in [0.2, 0.25) is 0 Å². The lowest BCUT2D eigenvalue weighted by Gasteiger charge is -2.35. The number of nitrogens with one attached hydrogen (secondary N) is 1. The second-order valence-corrected chi connectivity index (χ2v) is 14.9. The first-order valence-electron chi connectivity index (χ1n) is 16.5. The van der Waals surface area contributed by atoms with Gasteiger partial charge in [0.15, 0.2) is 0 Å². The lowest BCUT2D eigenvalue weighted by Crippen LogP contribution is -2.55. The third-order valence-electron chi connectivity index (χ3n) is 8.61. The maximum absolute atomic E-state index is 14.6. The molecule has 1 atom stereocenters. The summed E-state index contributed by atoms with van der Waals surface area (Å²) in [5.41, 5.74) is 1.73. The van der Waals surface area contributed by atoms with Crippen LogP contribution in [0.15, 0.2) is 112 Å². The zero-order valence-electron chi connectivity index (χ0n) is 27.4. The second-order valence-electron chi connectivity index (χ2n) is 12.1. The van der Waals surface area contributed by atoms with Gasteiger partial charge >= 0.3 is 0 Å². The quantitative estimate of drug-likeness (QED) is 0.146. The molecule has 0 unspecified atom stereocenters. The lowest BCUT2D eigenvalue weighted by atomic mass is 9.94. The fraction of sp³-hybridized carbons (Fsp3) is 0.316. The number of nitrogens with zero attached hydrogens (tertiary/aromatic N) is 2. The summed E-state index contributed by atoms with van der Waals surface area (Å²) in [6, 6.07) is 26.8. The first-order chi connectivity index (χ1) is 23.6. The molecule has 0 radical (unpaired) electrons. The Hall–Kier alpha value is -4.22. The van der Waals surface area contributed by atoms with Crippen molar-refractivity contribution in [3.05, 3.63) is 125 Å². The van der Waals surface area contributed by atoms with E-state index in [0.717, 1.165) is 64.1 Å². The van der Waals surface area contributed by atoms with E-state index in [2.05, 4.69) is 21.2 Å². The SMILES string of the molecule is CCOc1ccc(S(=O)(=O)N(CC(=O)N(Cc2ccc(Br)cc2)[C@H](Cc2ccccc2)C(=O)NC2CCCCC2)c2ccc(F)cc2)cc1. The third kappa shape index (κ3) is 9.70. The summed E-state index contributed by atoms with van der Waals surface area (Å²) in [6.45, 7) is 1.67. The van der Waals surface area contributed by atoms with Crippen molar-refractivity contribution >= 4 is 43.5 Å². The van der Waals surface area contributed by atoms with Gasteiger partial charge in [0.2, 0.25) is 11.8 Å². The van der Waals surface area contributed by atoms with Gasteiger partial charge in [-0.25, -0.2) is 12.8 Å². The largest absolute Gasteiger partial charge is 0.494 e. The normalized spacial score (nSPS) is 14.1. The Kier molecular flexibility index (Phi) is 12.5. The number of carbonyl (C=O) groups is 2. The van der Waals surface area contributed by atoms with Crippen LogP contribution in [0.5, 0.6) is 5.75 Å². The van der Waals surface area contributed by atoms with Gasteiger partial charge in [0.25, 0.3) is 10.0 Å². The molecule has 49 heavy (non-hydrogen) atoms. The summed E-state index contributed by atoms with van der Waals surface area (Å²) >= 11 is 3.46. The standard InChI is InChI=1S/C38H41BrFN3O5S/c1-2-48-34-21-23-35(24-22-34)49(46,47)43(33-19-17-31(40)18-20-33)27-37(44)42(26-29-13-15-30(39)16-14-29)36(25-28-9-5-3-6-10-28)38(45)41-32-11-7-4-8-12-32/h3,5-6,9-10,13-24,32,36H,2,4,7-8,11-12,25-27H2,1H3,(H,41,45)/t36-/m1/s1. The average Bonchev–Trinajstić information content (AvgIpc) is 3.11. The van der Waals surface area contributed by atoms with E-state index in [1.54, 1.807) is 12.1 Å². The van der Waals surface area contributed by atoms with Crippen LogP contribution in [0, 0.1) is 5.82 Å². The molecule has 1 saturated carbocycles. The highest BCUT2D eigenvalue weighted by atomic mass is 79.9. The number of carbonyl (C=O) groups excluding carboxylic acids is 2.